The predicted octanol–water partition coefficient (Wildman–Crippen LogP) is 1.40. The Morgan fingerprint density at radius 1 is 0.953 bits per heavy atom. The third-order valence-electron chi connectivity index (χ3n) is 7.01. The molecule has 1 fully saturated rings. The molecule has 1 saturated carbocycles. The molecule has 1 heterocycles. The number of hydrogen-bond acceptors (Lipinski definition) is 9. The maximum absolute atomic E-state index is 12.8. The zero-order valence-corrected chi connectivity index (χ0v) is 23.5. The number of para-hydroxylation sites is 1. The molecule has 13 heteroatoms. The molecule has 0 aliphatic heterocycles. The number of carbonyl (C=O) groups excluding carboxylic acids is 4. The monoisotopic (exact) mass is 592 g/mol. The number of carbonyl (C=O) groups is 4. The number of benzene rings is 2. The Labute approximate surface area is 248 Å². The molecule has 0 saturated heterocycles. The van der Waals surface area contributed by atoms with Gasteiger partial charge in [-0.05, 0) is 37.0 Å². The largest absolute Gasteiger partial charge is 0.431 e. The summed E-state index contributed by atoms with van der Waals surface area (Å²) in [5, 5.41) is 16.6. The first-order valence-electron chi connectivity index (χ1n) is 14.1. The first-order valence-corrected chi connectivity index (χ1v) is 14.1. The van der Waals surface area contributed by atoms with Crippen molar-refractivity contribution >= 4 is 34.7 Å². The smallest absolute Gasteiger partial charge is 0.390 e. The van der Waals surface area contributed by atoms with Crippen molar-refractivity contribution in [1.82, 2.24) is 26.6 Å². The number of hydrogen-bond donors (Lipinski definition) is 6. The summed E-state index contributed by atoms with van der Waals surface area (Å²) in [4.78, 5) is 64.7. The second-order valence-electron chi connectivity index (χ2n) is 10.3. The van der Waals surface area contributed by atoms with E-state index >= 15 is 0 Å². The Balaban J connectivity index is 1.33. The molecule has 13 nitrogen and oxygen atoms in total. The quantitative estimate of drug-likeness (QED) is 0.159. The first-order chi connectivity index (χ1) is 20.8. The van der Waals surface area contributed by atoms with Crippen LogP contribution in [0.25, 0.3) is 10.9 Å². The van der Waals surface area contributed by atoms with Gasteiger partial charge in [0.05, 0.1) is 30.2 Å². The number of nitrogens with two attached hydrogens (primary N) is 1. The van der Waals surface area contributed by atoms with Crippen molar-refractivity contribution in [3.8, 4) is 0 Å². The standard InChI is InChI=1S/C30H36N6O7/c31-27(38)17-25(34-28(39)23-15-14-20-10-4-7-13-22(20)33-23)29(40)36-43-30(41)35-24(16-19-8-2-1-3-9-19)26(37)18-32-42-21-11-5-6-12-21/h1-4,7-10,13-15,21,24-26,32,37H,5-6,11-12,16-18H2,(H2,31,38)(H,34,39)(H,35,41)(H,36,40)/t24-,25-,26-/m0/s1. The predicted molar refractivity (Wildman–Crippen MR) is 156 cm³/mol. The van der Waals surface area contributed by atoms with Crippen molar-refractivity contribution < 1.29 is 34.0 Å². The van der Waals surface area contributed by atoms with E-state index in [0.29, 0.717) is 5.52 Å². The molecule has 4 amide bonds. The van der Waals surface area contributed by atoms with Crippen molar-refractivity contribution in [1.29, 1.82) is 0 Å². The summed E-state index contributed by atoms with van der Waals surface area (Å²) in [6.45, 7) is 0.0379. The van der Waals surface area contributed by atoms with Crippen LogP contribution in [-0.2, 0) is 25.7 Å². The molecule has 1 aromatic heterocycles. The fourth-order valence-corrected chi connectivity index (χ4v) is 4.73. The minimum atomic E-state index is -1.45. The molecule has 0 radical (unpaired) electrons. The summed E-state index contributed by atoms with van der Waals surface area (Å²) in [6.07, 6.45) is 1.72. The Bertz CT molecular complexity index is 1400. The van der Waals surface area contributed by atoms with Gasteiger partial charge in [0.15, 0.2) is 0 Å². The number of primary amides is 1. The van der Waals surface area contributed by atoms with E-state index in [0.717, 1.165) is 36.6 Å². The normalized spacial score (nSPS) is 15.3. The molecule has 43 heavy (non-hydrogen) atoms. The summed E-state index contributed by atoms with van der Waals surface area (Å²) in [6, 6.07) is 17.3. The molecule has 3 aromatic rings. The number of nitrogens with one attached hydrogen (secondary N) is 4. The van der Waals surface area contributed by atoms with Crippen LogP contribution >= 0.6 is 0 Å². The Morgan fingerprint density at radius 2 is 1.67 bits per heavy atom. The van der Waals surface area contributed by atoms with E-state index in [2.05, 4.69) is 21.1 Å². The fourth-order valence-electron chi connectivity index (χ4n) is 4.73. The van der Waals surface area contributed by atoms with Gasteiger partial charge in [0.25, 0.3) is 11.8 Å². The molecule has 3 atom stereocenters. The van der Waals surface area contributed by atoms with Crippen molar-refractivity contribution in [2.24, 2.45) is 5.73 Å². The highest BCUT2D eigenvalue weighted by molar-refractivity contribution is 5.99. The van der Waals surface area contributed by atoms with E-state index in [1.807, 2.05) is 47.9 Å². The maximum atomic E-state index is 12.8. The number of amides is 4. The lowest BCUT2D eigenvalue weighted by atomic mass is 10.0. The second kappa shape index (κ2) is 15.6. The summed E-state index contributed by atoms with van der Waals surface area (Å²) >= 11 is 0. The average Bonchev–Trinajstić information content (AvgIpc) is 3.53. The zero-order valence-electron chi connectivity index (χ0n) is 23.5. The lowest BCUT2D eigenvalue weighted by molar-refractivity contribution is -0.133. The number of fused-ring (bicyclic) bond motifs is 1. The molecule has 7 N–H and O–H groups in total. The molecule has 1 aliphatic rings. The number of hydroxylamine groups is 2. The highest BCUT2D eigenvalue weighted by Gasteiger charge is 2.27. The van der Waals surface area contributed by atoms with E-state index in [4.69, 9.17) is 15.4 Å². The average molecular weight is 593 g/mol. The lowest BCUT2D eigenvalue weighted by Crippen LogP contribution is -2.52. The van der Waals surface area contributed by atoms with Crippen molar-refractivity contribution in [2.45, 2.75) is 62.8 Å². The summed E-state index contributed by atoms with van der Waals surface area (Å²) in [5.74, 6) is -2.58. The van der Waals surface area contributed by atoms with Crippen molar-refractivity contribution in [3.05, 3.63) is 78.0 Å². The van der Waals surface area contributed by atoms with Gasteiger partial charge in [0.2, 0.25) is 5.91 Å². The topological polar surface area (TPSA) is 194 Å². The molecule has 0 unspecified atom stereocenters. The van der Waals surface area contributed by atoms with Gasteiger partial charge in [-0.15, -0.1) is 0 Å². The van der Waals surface area contributed by atoms with E-state index in [1.165, 1.54) is 6.07 Å². The van der Waals surface area contributed by atoms with Gasteiger partial charge < -0.3 is 26.3 Å². The van der Waals surface area contributed by atoms with Gasteiger partial charge in [-0.3, -0.25) is 19.2 Å². The highest BCUT2D eigenvalue weighted by Crippen LogP contribution is 2.20. The molecule has 2 aromatic carbocycles. The number of pyridine rings is 1. The van der Waals surface area contributed by atoms with Gasteiger partial charge in [0.1, 0.15) is 11.7 Å². The van der Waals surface area contributed by atoms with Crippen molar-refractivity contribution in [2.75, 3.05) is 6.54 Å². The van der Waals surface area contributed by atoms with Crippen LogP contribution in [0.5, 0.6) is 0 Å². The van der Waals surface area contributed by atoms with Gasteiger partial charge >= 0.3 is 6.09 Å². The minimum absolute atomic E-state index is 0.0166. The van der Waals surface area contributed by atoms with E-state index in [9.17, 15) is 24.3 Å². The third-order valence-corrected chi connectivity index (χ3v) is 7.01. The minimum Gasteiger partial charge on any atom is -0.390 e. The number of rotatable bonds is 13. The first kappa shape index (κ1) is 31.3. The van der Waals surface area contributed by atoms with Crippen LogP contribution in [0.3, 0.4) is 0 Å². The van der Waals surface area contributed by atoms with Crippen molar-refractivity contribution in [3.63, 3.8) is 0 Å². The van der Waals surface area contributed by atoms with Crippen LogP contribution in [0, 0.1) is 0 Å². The summed E-state index contributed by atoms with van der Waals surface area (Å²) < 4.78 is 0. The Hall–Kier alpha value is -4.59. The van der Waals surface area contributed by atoms with E-state index < -0.39 is 48.4 Å². The van der Waals surface area contributed by atoms with Crippen LogP contribution in [-0.4, -0.2) is 64.7 Å². The number of aliphatic hydroxyl groups excluding tert-OH is 1. The molecular weight excluding hydrogens is 556 g/mol. The molecule has 0 bridgehead atoms. The van der Waals surface area contributed by atoms with Crippen LogP contribution < -0.4 is 27.3 Å². The maximum Gasteiger partial charge on any atom is 0.431 e. The number of aromatic nitrogens is 1. The molecule has 1 aliphatic carbocycles. The third kappa shape index (κ3) is 9.74. The summed E-state index contributed by atoms with van der Waals surface area (Å²) in [5.41, 5.74) is 11.4. The van der Waals surface area contributed by atoms with Gasteiger partial charge in [-0.25, -0.2) is 9.78 Å². The lowest BCUT2D eigenvalue weighted by Gasteiger charge is -2.25. The van der Waals surface area contributed by atoms with Gasteiger partial charge in [-0.1, -0.05) is 67.4 Å². The van der Waals surface area contributed by atoms with E-state index in [-0.39, 0.29) is 24.8 Å². The molecule has 0 spiro atoms. The van der Waals surface area contributed by atoms with Crippen LogP contribution in [0.15, 0.2) is 66.7 Å². The Morgan fingerprint density at radius 3 is 2.42 bits per heavy atom. The van der Waals surface area contributed by atoms with E-state index in [1.54, 1.807) is 18.2 Å². The van der Waals surface area contributed by atoms with Gasteiger partial charge in [0, 0.05) is 11.9 Å². The highest BCUT2D eigenvalue weighted by atomic mass is 16.7. The number of aliphatic hydroxyl groups is 1. The van der Waals surface area contributed by atoms with Crippen LogP contribution in [0.2, 0.25) is 0 Å². The number of nitrogens with zero attached hydrogens (tertiary/aromatic N) is 1. The Kier molecular flexibility index (Phi) is 11.4. The zero-order chi connectivity index (χ0) is 30.6. The molecule has 228 valence electrons. The SMILES string of the molecule is NC(=O)C[C@H](NC(=O)c1ccc2ccccc2n1)C(=O)NOC(=O)N[C@@H](Cc1ccccc1)[C@@H](O)CNOC1CCCC1. The molecular formula is C30H36N6O7. The van der Waals surface area contributed by atoms with Crippen LogP contribution in [0.1, 0.15) is 48.2 Å². The molecule has 4 rings (SSSR count). The summed E-state index contributed by atoms with van der Waals surface area (Å²) in [7, 11) is 0. The second-order valence-corrected chi connectivity index (χ2v) is 10.3. The van der Waals surface area contributed by atoms with Gasteiger partial charge in [-0.2, -0.15) is 11.0 Å². The van der Waals surface area contributed by atoms with Crippen LogP contribution in [0.4, 0.5) is 4.79 Å². The fraction of sp³-hybridized carbons (Fsp3) is 0.367.